The zero-order valence-corrected chi connectivity index (χ0v) is 22.3. The van der Waals surface area contributed by atoms with Crippen molar-refractivity contribution in [2.45, 2.75) is 81.7 Å². The Labute approximate surface area is 231 Å². The maximum absolute atomic E-state index is 13.6. The SMILES string of the molecule is COc1cc(OC2OC(CO)C(O)C(O)C2O)c2c(O)c(C(=O)CCCn3ccnc3)c(C3CCCC3)cc2c1. The molecule has 0 amide bonds. The summed E-state index contributed by atoms with van der Waals surface area (Å²) in [5, 5.41) is 53.0. The first kappa shape index (κ1) is 28.3. The minimum atomic E-state index is -1.65. The van der Waals surface area contributed by atoms with Crippen molar-refractivity contribution in [1.29, 1.82) is 0 Å². The van der Waals surface area contributed by atoms with Crippen molar-refractivity contribution in [2.75, 3.05) is 13.7 Å². The van der Waals surface area contributed by atoms with Crippen molar-refractivity contribution in [3.8, 4) is 17.2 Å². The Morgan fingerprint density at radius 3 is 2.58 bits per heavy atom. The Balaban J connectivity index is 1.55. The van der Waals surface area contributed by atoms with E-state index in [2.05, 4.69) is 4.98 Å². The molecule has 1 saturated heterocycles. The van der Waals surface area contributed by atoms with Gasteiger partial charge in [-0.1, -0.05) is 12.8 Å². The van der Waals surface area contributed by atoms with Crippen LogP contribution in [0, 0.1) is 0 Å². The molecule has 5 rings (SSSR count). The van der Waals surface area contributed by atoms with Gasteiger partial charge in [0, 0.05) is 31.4 Å². The van der Waals surface area contributed by atoms with Gasteiger partial charge in [0.15, 0.2) is 5.78 Å². The van der Waals surface area contributed by atoms with Gasteiger partial charge in [0.1, 0.15) is 41.7 Å². The third-order valence-corrected chi connectivity index (χ3v) is 7.96. The lowest BCUT2D eigenvalue weighted by atomic mass is 9.86. The maximum Gasteiger partial charge on any atom is 0.229 e. The number of imidazole rings is 1. The van der Waals surface area contributed by atoms with Crippen molar-refractivity contribution < 1.29 is 44.5 Å². The molecule has 5 N–H and O–H groups in total. The topological polar surface area (TPSA) is 164 Å². The summed E-state index contributed by atoms with van der Waals surface area (Å²) in [6.45, 7) is -0.00109. The molecule has 1 saturated carbocycles. The minimum absolute atomic E-state index is 0.0571. The Morgan fingerprint density at radius 1 is 1.12 bits per heavy atom. The number of benzene rings is 2. The number of hydrogen-bond donors (Lipinski definition) is 5. The van der Waals surface area contributed by atoms with Crippen LogP contribution in [-0.4, -0.2) is 85.3 Å². The molecule has 0 radical (unpaired) electrons. The number of carbonyl (C=O) groups is 1. The van der Waals surface area contributed by atoms with Crippen LogP contribution in [0.4, 0.5) is 0 Å². The van der Waals surface area contributed by atoms with Crippen LogP contribution in [0.15, 0.2) is 36.9 Å². The van der Waals surface area contributed by atoms with Crippen molar-refractivity contribution in [3.05, 3.63) is 48.0 Å². The van der Waals surface area contributed by atoms with Crippen molar-refractivity contribution in [3.63, 3.8) is 0 Å². The van der Waals surface area contributed by atoms with Crippen LogP contribution in [-0.2, 0) is 11.3 Å². The molecule has 11 heteroatoms. The number of phenolic OH excluding ortho intramolecular Hbond substituents is 1. The van der Waals surface area contributed by atoms with Gasteiger partial charge >= 0.3 is 0 Å². The molecule has 2 heterocycles. The minimum Gasteiger partial charge on any atom is -0.506 e. The third-order valence-electron chi connectivity index (χ3n) is 7.96. The van der Waals surface area contributed by atoms with Gasteiger partial charge in [-0.15, -0.1) is 0 Å². The van der Waals surface area contributed by atoms with Crippen molar-refractivity contribution in [1.82, 2.24) is 9.55 Å². The predicted octanol–water partition coefficient (Wildman–Crippen LogP) is 2.25. The molecule has 5 atom stereocenters. The number of aryl methyl sites for hydroxylation is 1. The summed E-state index contributed by atoms with van der Waals surface area (Å²) >= 11 is 0. The second-order valence-electron chi connectivity index (χ2n) is 10.5. The second kappa shape index (κ2) is 12.1. The number of ether oxygens (including phenoxy) is 3. The summed E-state index contributed by atoms with van der Waals surface area (Å²) in [4.78, 5) is 17.7. The van der Waals surface area contributed by atoms with Crippen LogP contribution >= 0.6 is 0 Å². The van der Waals surface area contributed by atoms with E-state index in [9.17, 15) is 30.3 Å². The molecule has 1 aliphatic carbocycles. The Morgan fingerprint density at radius 2 is 1.90 bits per heavy atom. The fourth-order valence-electron chi connectivity index (χ4n) is 5.80. The van der Waals surface area contributed by atoms with Crippen molar-refractivity contribution in [2.24, 2.45) is 0 Å². The monoisotopic (exact) mass is 556 g/mol. The lowest BCUT2D eigenvalue weighted by Gasteiger charge is -2.39. The molecule has 1 aliphatic heterocycles. The molecule has 0 spiro atoms. The number of rotatable bonds is 10. The number of methoxy groups -OCH3 is 1. The summed E-state index contributed by atoms with van der Waals surface area (Å²) in [6, 6.07) is 5.13. The van der Waals surface area contributed by atoms with Crippen LogP contribution in [0.3, 0.4) is 0 Å². The summed E-state index contributed by atoms with van der Waals surface area (Å²) in [7, 11) is 1.48. The van der Waals surface area contributed by atoms with Gasteiger partial charge < -0.3 is 44.3 Å². The fourth-order valence-corrected chi connectivity index (χ4v) is 5.80. The van der Waals surface area contributed by atoms with Gasteiger partial charge in [0.2, 0.25) is 6.29 Å². The van der Waals surface area contributed by atoms with Crippen LogP contribution in [0.2, 0.25) is 0 Å². The molecular formula is C29H36N2O9. The van der Waals surface area contributed by atoms with Gasteiger partial charge in [0.25, 0.3) is 0 Å². The number of ketones is 1. The van der Waals surface area contributed by atoms with Crippen LogP contribution in [0.5, 0.6) is 17.2 Å². The highest BCUT2D eigenvalue weighted by Crippen LogP contribution is 2.46. The normalized spacial score (nSPS) is 25.4. The summed E-state index contributed by atoms with van der Waals surface area (Å²) in [6.07, 6.45) is 2.42. The highest BCUT2D eigenvalue weighted by molar-refractivity contribution is 6.08. The lowest BCUT2D eigenvalue weighted by molar-refractivity contribution is -0.277. The average molecular weight is 557 g/mol. The first-order valence-electron chi connectivity index (χ1n) is 13.7. The molecule has 216 valence electrons. The average Bonchev–Trinajstić information content (AvgIpc) is 3.68. The molecule has 2 fully saturated rings. The van der Waals surface area contributed by atoms with E-state index in [0.717, 1.165) is 31.2 Å². The molecule has 2 aromatic carbocycles. The van der Waals surface area contributed by atoms with Gasteiger partial charge in [0.05, 0.1) is 31.0 Å². The van der Waals surface area contributed by atoms with Crippen LogP contribution < -0.4 is 9.47 Å². The quantitative estimate of drug-likeness (QED) is 0.234. The molecule has 3 aromatic rings. The molecule has 1 aromatic heterocycles. The fraction of sp³-hybridized carbons (Fsp3) is 0.517. The molecule has 5 unspecified atom stereocenters. The van der Waals surface area contributed by atoms with Gasteiger partial charge in [-0.25, -0.2) is 4.98 Å². The van der Waals surface area contributed by atoms with E-state index in [1.54, 1.807) is 18.6 Å². The highest BCUT2D eigenvalue weighted by Gasteiger charge is 2.45. The molecule has 2 aliphatic rings. The molecule has 0 bridgehead atoms. The number of aromatic nitrogens is 2. The predicted molar refractivity (Wildman–Crippen MR) is 144 cm³/mol. The van der Waals surface area contributed by atoms with Crippen molar-refractivity contribution >= 4 is 16.6 Å². The number of aromatic hydroxyl groups is 1. The third kappa shape index (κ3) is 5.52. The first-order valence-corrected chi connectivity index (χ1v) is 13.7. The highest BCUT2D eigenvalue weighted by atomic mass is 16.7. The zero-order valence-electron chi connectivity index (χ0n) is 22.3. The number of aliphatic hydroxyl groups excluding tert-OH is 4. The number of aliphatic hydroxyl groups is 4. The second-order valence-corrected chi connectivity index (χ2v) is 10.5. The van der Waals surface area contributed by atoms with Gasteiger partial charge in [-0.05, 0) is 48.3 Å². The number of Topliss-reactive ketones (excluding diaryl/α,β-unsaturated/α-hetero) is 1. The number of hydrogen-bond acceptors (Lipinski definition) is 10. The van der Waals surface area contributed by atoms with Crippen LogP contribution in [0.1, 0.15) is 60.4 Å². The molecule has 11 nitrogen and oxygen atoms in total. The van der Waals surface area contributed by atoms with Gasteiger partial charge in [-0.3, -0.25) is 4.79 Å². The Hall–Kier alpha value is -3.22. The Kier molecular flexibility index (Phi) is 8.57. The van der Waals surface area contributed by atoms with E-state index in [1.165, 1.54) is 13.2 Å². The summed E-state index contributed by atoms with van der Waals surface area (Å²) in [5.41, 5.74) is 1.05. The molecular weight excluding hydrogens is 520 g/mol. The smallest absolute Gasteiger partial charge is 0.229 e. The van der Waals surface area contributed by atoms with Crippen LogP contribution in [0.25, 0.3) is 10.8 Å². The Bertz CT molecular complexity index is 1320. The van der Waals surface area contributed by atoms with E-state index >= 15 is 0 Å². The van der Waals surface area contributed by atoms with Gasteiger partial charge in [-0.2, -0.15) is 0 Å². The van der Waals surface area contributed by atoms with E-state index in [4.69, 9.17) is 14.2 Å². The first-order chi connectivity index (χ1) is 19.3. The zero-order chi connectivity index (χ0) is 28.4. The number of fused-ring (bicyclic) bond motifs is 1. The maximum atomic E-state index is 13.6. The largest absolute Gasteiger partial charge is 0.506 e. The number of carbonyl (C=O) groups excluding carboxylic acids is 1. The number of phenols is 1. The summed E-state index contributed by atoms with van der Waals surface area (Å²) in [5.74, 6) is 0.180. The standard InChI is InChI=1S/C29H36N2O9/c1-38-18-11-17-12-19(16-5-2-3-6-16)24(20(33)7-4-9-31-10-8-30-15-31)26(35)23(17)21(13-18)39-29-28(37)27(36)25(34)22(14-32)40-29/h8,10-13,15-16,22,25,27-29,32,34-37H,2-7,9,14H2,1H3. The molecule has 40 heavy (non-hydrogen) atoms. The van der Waals surface area contributed by atoms with E-state index < -0.39 is 37.3 Å². The van der Waals surface area contributed by atoms with E-state index in [1.807, 2.05) is 16.8 Å². The van der Waals surface area contributed by atoms with E-state index in [0.29, 0.717) is 24.1 Å². The summed E-state index contributed by atoms with van der Waals surface area (Å²) < 4.78 is 18.9. The van der Waals surface area contributed by atoms with E-state index in [-0.39, 0.29) is 40.6 Å². The lowest BCUT2D eigenvalue weighted by Crippen LogP contribution is -2.60. The number of nitrogens with zero attached hydrogens (tertiary/aromatic N) is 2.